The van der Waals surface area contributed by atoms with E-state index in [-0.39, 0.29) is 17.6 Å². The van der Waals surface area contributed by atoms with E-state index in [2.05, 4.69) is 20.8 Å². The number of nitrogens with two attached hydrogens (primary N) is 1. The maximum Gasteiger partial charge on any atom is 0.119 e. The monoisotopic (exact) mass is 265 g/mol. The molecule has 3 heteroatoms. The highest BCUT2D eigenvalue weighted by atomic mass is 16.5. The highest BCUT2D eigenvalue weighted by molar-refractivity contribution is 5.30. The second-order valence-electron chi connectivity index (χ2n) is 6.24. The molecule has 0 saturated carbocycles. The predicted molar refractivity (Wildman–Crippen MR) is 79.4 cm³/mol. The quantitative estimate of drug-likeness (QED) is 0.855. The van der Waals surface area contributed by atoms with Crippen LogP contribution in [0.25, 0.3) is 0 Å². The molecule has 2 atom stereocenters. The highest BCUT2D eigenvalue weighted by Crippen LogP contribution is 2.26. The van der Waals surface area contributed by atoms with Crippen molar-refractivity contribution in [3.63, 3.8) is 0 Å². The van der Waals surface area contributed by atoms with Gasteiger partial charge in [0, 0.05) is 12.6 Å². The van der Waals surface area contributed by atoms with Crippen molar-refractivity contribution < 1.29 is 9.47 Å². The van der Waals surface area contributed by atoms with Crippen LogP contribution in [0.2, 0.25) is 0 Å². The van der Waals surface area contributed by atoms with Gasteiger partial charge in [-0.05, 0) is 36.5 Å². The van der Waals surface area contributed by atoms with Crippen LogP contribution < -0.4 is 10.5 Å². The average molecular weight is 265 g/mol. The zero-order chi connectivity index (χ0) is 14.5. The fraction of sp³-hybridized carbons (Fsp3) is 0.625. The molecule has 2 unspecified atom stereocenters. The number of methoxy groups -OCH3 is 1. The highest BCUT2D eigenvalue weighted by Gasteiger charge is 2.19. The first-order valence-electron chi connectivity index (χ1n) is 6.84. The van der Waals surface area contributed by atoms with Crippen molar-refractivity contribution in [3.8, 4) is 5.75 Å². The smallest absolute Gasteiger partial charge is 0.119 e. The fourth-order valence-corrected chi connectivity index (χ4v) is 1.86. The third-order valence-corrected chi connectivity index (χ3v) is 3.05. The number of ether oxygens (including phenoxy) is 2. The van der Waals surface area contributed by atoms with Gasteiger partial charge in [-0.15, -0.1) is 0 Å². The minimum atomic E-state index is -0.0857. The standard InChI is InChI=1S/C16H27NO2/c1-12(17)15(19-10-9-16(2,3)4)13-7-6-8-14(11-13)18-5/h6-8,11-12,15H,9-10,17H2,1-5H3. The van der Waals surface area contributed by atoms with Gasteiger partial charge in [0.1, 0.15) is 5.75 Å². The van der Waals surface area contributed by atoms with Gasteiger partial charge in [0.05, 0.1) is 13.2 Å². The molecule has 0 saturated heterocycles. The van der Waals surface area contributed by atoms with Crippen molar-refractivity contribution in [2.75, 3.05) is 13.7 Å². The van der Waals surface area contributed by atoms with E-state index in [1.165, 1.54) is 0 Å². The van der Waals surface area contributed by atoms with Crippen LogP contribution in [0.1, 0.15) is 45.8 Å². The van der Waals surface area contributed by atoms with E-state index in [0.717, 1.165) is 17.7 Å². The molecule has 0 radical (unpaired) electrons. The minimum Gasteiger partial charge on any atom is -0.497 e. The summed E-state index contributed by atoms with van der Waals surface area (Å²) < 4.78 is 11.2. The van der Waals surface area contributed by atoms with Gasteiger partial charge in [0.15, 0.2) is 0 Å². The molecule has 0 aliphatic rings. The molecule has 1 rings (SSSR count). The van der Waals surface area contributed by atoms with E-state index in [0.29, 0.717) is 6.61 Å². The fourth-order valence-electron chi connectivity index (χ4n) is 1.86. The zero-order valence-electron chi connectivity index (χ0n) is 12.8. The molecule has 0 amide bonds. The molecular weight excluding hydrogens is 238 g/mol. The van der Waals surface area contributed by atoms with E-state index in [9.17, 15) is 0 Å². The van der Waals surface area contributed by atoms with Crippen LogP contribution in [0.3, 0.4) is 0 Å². The number of hydrogen-bond donors (Lipinski definition) is 1. The Bertz CT molecular complexity index is 383. The average Bonchev–Trinajstić information content (AvgIpc) is 2.33. The van der Waals surface area contributed by atoms with Crippen molar-refractivity contribution in [1.29, 1.82) is 0 Å². The number of rotatable bonds is 6. The van der Waals surface area contributed by atoms with Gasteiger partial charge >= 0.3 is 0 Å². The summed E-state index contributed by atoms with van der Waals surface area (Å²) >= 11 is 0. The third-order valence-electron chi connectivity index (χ3n) is 3.05. The first-order chi connectivity index (χ1) is 8.83. The summed E-state index contributed by atoms with van der Waals surface area (Å²) in [6, 6.07) is 7.87. The number of benzene rings is 1. The van der Waals surface area contributed by atoms with Gasteiger partial charge in [-0.3, -0.25) is 0 Å². The molecular formula is C16H27NO2. The zero-order valence-corrected chi connectivity index (χ0v) is 12.8. The Kier molecular flexibility index (Phi) is 5.83. The molecule has 1 aromatic rings. The second kappa shape index (κ2) is 6.92. The molecule has 0 heterocycles. The lowest BCUT2D eigenvalue weighted by Crippen LogP contribution is -2.28. The van der Waals surface area contributed by atoms with E-state index in [4.69, 9.17) is 15.2 Å². The van der Waals surface area contributed by atoms with Crippen molar-refractivity contribution in [1.82, 2.24) is 0 Å². The van der Waals surface area contributed by atoms with Gasteiger partial charge in [0.2, 0.25) is 0 Å². The van der Waals surface area contributed by atoms with Crippen molar-refractivity contribution >= 4 is 0 Å². The minimum absolute atomic E-state index is 0.0490. The molecule has 2 N–H and O–H groups in total. The Labute approximate surface area is 117 Å². The Hall–Kier alpha value is -1.06. The molecule has 3 nitrogen and oxygen atoms in total. The Balaban J connectivity index is 2.71. The van der Waals surface area contributed by atoms with Crippen LogP contribution in [0.15, 0.2) is 24.3 Å². The Morgan fingerprint density at radius 2 is 1.95 bits per heavy atom. The molecule has 1 aromatic carbocycles. The van der Waals surface area contributed by atoms with E-state index in [1.54, 1.807) is 7.11 Å². The summed E-state index contributed by atoms with van der Waals surface area (Å²) in [6.07, 6.45) is 0.928. The summed E-state index contributed by atoms with van der Waals surface area (Å²) in [5.74, 6) is 0.836. The molecule has 0 bridgehead atoms. The van der Waals surface area contributed by atoms with Crippen LogP contribution >= 0.6 is 0 Å². The summed E-state index contributed by atoms with van der Waals surface area (Å²) in [5.41, 5.74) is 7.39. The van der Waals surface area contributed by atoms with Crippen LogP contribution in [0, 0.1) is 5.41 Å². The predicted octanol–water partition coefficient (Wildman–Crippen LogP) is 3.54. The molecule has 0 spiro atoms. The summed E-state index contributed by atoms with van der Waals surface area (Å²) in [5, 5.41) is 0. The van der Waals surface area contributed by atoms with Crippen LogP contribution in [-0.2, 0) is 4.74 Å². The van der Waals surface area contributed by atoms with Crippen molar-refractivity contribution in [3.05, 3.63) is 29.8 Å². The van der Waals surface area contributed by atoms with Gasteiger partial charge in [-0.2, -0.15) is 0 Å². The van der Waals surface area contributed by atoms with Gasteiger partial charge in [-0.25, -0.2) is 0 Å². The molecule has 0 aromatic heterocycles. The van der Waals surface area contributed by atoms with E-state index in [1.807, 2.05) is 31.2 Å². The maximum atomic E-state index is 6.04. The van der Waals surface area contributed by atoms with Crippen LogP contribution in [0.5, 0.6) is 5.75 Å². The van der Waals surface area contributed by atoms with Gasteiger partial charge in [-0.1, -0.05) is 32.9 Å². The third kappa shape index (κ3) is 5.62. The largest absolute Gasteiger partial charge is 0.497 e. The summed E-state index contributed by atoms with van der Waals surface area (Å²) in [4.78, 5) is 0. The topological polar surface area (TPSA) is 44.5 Å². The molecule has 0 aliphatic carbocycles. The molecule has 0 aliphatic heterocycles. The van der Waals surface area contributed by atoms with Gasteiger partial charge < -0.3 is 15.2 Å². The lowest BCUT2D eigenvalue weighted by molar-refractivity contribution is 0.0240. The first-order valence-corrected chi connectivity index (χ1v) is 6.84. The summed E-state index contributed by atoms with van der Waals surface area (Å²) in [6.45, 7) is 9.32. The molecule has 108 valence electrons. The normalized spacial score (nSPS) is 15.1. The lowest BCUT2D eigenvalue weighted by Gasteiger charge is -2.25. The lowest BCUT2D eigenvalue weighted by atomic mass is 9.93. The Morgan fingerprint density at radius 1 is 1.26 bits per heavy atom. The van der Waals surface area contributed by atoms with E-state index >= 15 is 0 Å². The van der Waals surface area contributed by atoms with Gasteiger partial charge in [0.25, 0.3) is 0 Å². The molecule has 0 fully saturated rings. The van der Waals surface area contributed by atoms with Crippen molar-refractivity contribution in [2.24, 2.45) is 11.1 Å². The Morgan fingerprint density at radius 3 is 2.47 bits per heavy atom. The van der Waals surface area contributed by atoms with Crippen LogP contribution in [0.4, 0.5) is 0 Å². The van der Waals surface area contributed by atoms with Crippen molar-refractivity contribution in [2.45, 2.75) is 46.3 Å². The second-order valence-corrected chi connectivity index (χ2v) is 6.24. The number of hydrogen-bond acceptors (Lipinski definition) is 3. The van der Waals surface area contributed by atoms with Crippen LogP contribution in [-0.4, -0.2) is 19.8 Å². The first kappa shape index (κ1) is 16.0. The SMILES string of the molecule is COc1cccc(C(OCCC(C)(C)C)C(C)N)c1. The molecule has 19 heavy (non-hydrogen) atoms. The summed E-state index contributed by atoms with van der Waals surface area (Å²) in [7, 11) is 1.67. The maximum absolute atomic E-state index is 6.04. The van der Waals surface area contributed by atoms with E-state index < -0.39 is 0 Å².